The van der Waals surface area contributed by atoms with Gasteiger partial charge in [0.15, 0.2) is 11.6 Å². The highest BCUT2D eigenvalue weighted by Gasteiger charge is 2.68. The number of hydrogen-bond acceptors (Lipinski definition) is 5. The molecule has 3 atom stereocenters. The molecule has 2 bridgehead atoms. The number of unbranched alkanes of at least 4 members (excludes halogenated alkanes) is 1. The van der Waals surface area contributed by atoms with Crippen LogP contribution in [0.2, 0.25) is 5.04 Å². The van der Waals surface area contributed by atoms with Crippen molar-refractivity contribution in [2.24, 2.45) is 17.3 Å². The average molecular weight is 603 g/mol. The van der Waals surface area contributed by atoms with Gasteiger partial charge in [0.2, 0.25) is 0 Å². The van der Waals surface area contributed by atoms with Gasteiger partial charge < -0.3 is 23.4 Å². The Hall–Kier alpha value is -1.80. The summed E-state index contributed by atoms with van der Waals surface area (Å²) in [6, 6.07) is 22.0. The Morgan fingerprint density at radius 1 is 0.837 bits per heavy atom. The van der Waals surface area contributed by atoms with E-state index in [0.717, 1.165) is 45.1 Å². The van der Waals surface area contributed by atoms with Crippen LogP contribution in [0.1, 0.15) is 79.1 Å². The van der Waals surface area contributed by atoms with E-state index >= 15 is 0 Å². The second kappa shape index (κ2) is 11.2. The van der Waals surface area contributed by atoms with E-state index < -0.39 is 19.9 Å². The smallest absolute Gasteiger partial charge is 0.261 e. The molecular weight excluding hydrogens is 552 g/mol. The van der Waals surface area contributed by atoms with Crippen LogP contribution in [-0.2, 0) is 23.4 Å². The number of rotatable bonds is 9. The van der Waals surface area contributed by atoms with E-state index in [2.05, 4.69) is 88.4 Å². The van der Waals surface area contributed by atoms with Crippen molar-refractivity contribution in [2.75, 3.05) is 33.0 Å². The molecule has 2 aromatic rings. The van der Waals surface area contributed by atoms with Crippen molar-refractivity contribution in [3.05, 3.63) is 71.8 Å². The topological polar surface area (TPSA) is 46.2 Å². The first-order chi connectivity index (χ1) is 20.8. The standard InChI is InChI=1S/C37H50O5Si/c1-34(2,3)43(30-16-7-5-8-17-30,31-18-9-6-10-19-31)42-21-12-11-15-29-26-32-33(37(29)40-24-25-41-37)28-14-13-20-36(32,27-28)35(4)38-22-23-39-35/h5-10,16-19,28-29H,11-15,20-27H2,1-4H3/t28-,29-,36-/m0/s1. The minimum atomic E-state index is -2.52. The van der Waals surface area contributed by atoms with Crippen LogP contribution >= 0.6 is 0 Å². The Bertz CT molecular complexity index is 1270. The number of hydrogen-bond donors (Lipinski definition) is 0. The van der Waals surface area contributed by atoms with Gasteiger partial charge in [0.25, 0.3) is 8.32 Å². The second-order valence-electron chi connectivity index (χ2n) is 14.7. The van der Waals surface area contributed by atoms with Gasteiger partial charge >= 0.3 is 0 Å². The fourth-order valence-electron chi connectivity index (χ4n) is 9.77. The van der Waals surface area contributed by atoms with Crippen molar-refractivity contribution < 1.29 is 23.4 Å². The lowest BCUT2D eigenvalue weighted by Crippen LogP contribution is -2.66. The molecule has 2 saturated heterocycles. The third-order valence-corrected chi connectivity index (χ3v) is 16.6. The second-order valence-corrected chi connectivity index (χ2v) is 19.0. The molecule has 0 amide bonds. The first-order valence-electron chi connectivity index (χ1n) is 16.8. The van der Waals surface area contributed by atoms with Crippen LogP contribution < -0.4 is 10.4 Å². The van der Waals surface area contributed by atoms with Crippen molar-refractivity contribution in [3.8, 4) is 0 Å². The molecule has 2 aromatic carbocycles. The van der Waals surface area contributed by atoms with Crippen LogP contribution in [0.3, 0.4) is 0 Å². The Morgan fingerprint density at radius 3 is 2.05 bits per heavy atom. The van der Waals surface area contributed by atoms with Gasteiger partial charge in [-0.2, -0.15) is 0 Å². The maximum absolute atomic E-state index is 7.21. The molecule has 1 saturated carbocycles. The lowest BCUT2D eigenvalue weighted by molar-refractivity contribution is -0.223. The van der Waals surface area contributed by atoms with Crippen LogP contribution in [0.25, 0.3) is 0 Å². The summed E-state index contributed by atoms with van der Waals surface area (Å²) in [5.41, 5.74) is 3.01. The summed E-state index contributed by atoms with van der Waals surface area (Å²) >= 11 is 0. The van der Waals surface area contributed by atoms with Gasteiger partial charge in [0.1, 0.15) is 0 Å². The molecule has 5 aliphatic rings. The normalized spacial score (nSPS) is 29.5. The Balaban J connectivity index is 1.09. The van der Waals surface area contributed by atoms with Crippen molar-refractivity contribution >= 4 is 18.7 Å². The van der Waals surface area contributed by atoms with E-state index in [1.54, 1.807) is 5.57 Å². The molecule has 0 unspecified atom stereocenters. The number of benzene rings is 2. The third-order valence-electron chi connectivity index (χ3n) is 11.5. The first-order valence-corrected chi connectivity index (χ1v) is 18.7. The molecule has 0 N–H and O–H groups in total. The fourth-order valence-corrected chi connectivity index (χ4v) is 14.4. The van der Waals surface area contributed by atoms with Crippen LogP contribution in [0.15, 0.2) is 71.8 Å². The van der Waals surface area contributed by atoms with Crippen LogP contribution in [0.4, 0.5) is 0 Å². The van der Waals surface area contributed by atoms with Crippen LogP contribution in [0, 0.1) is 17.3 Å². The summed E-state index contributed by atoms with van der Waals surface area (Å²) < 4.78 is 33.3. The molecule has 7 rings (SSSR count). The maximum Gasteiger partial charge on any atom is 0.261 e. The molecule has 3 aliphatic carbocycles. The quantitative estimate of drug-likeness (QED) is 0.181. The summed E-state index contributed by atoms with van der Waals surface area (Å²) in [7, 11) is -2.52. The van der Waals surface area contributed by atoms with Gasteiger partial charge in [-0.25, -0.2) is 0 Å². The Kier molecular flexibility index (Phi) is 7.80. The monoisotopic (exact) mass is 602 g/mol. The molecule has 1 spiro atoms. The van der Waals surface area contributed by atoms with Gasteiger partial charge in [-0.3, -0.25) is 0 Å². The van der Waals surface area contributed by atoms with E-state index in [0.29, 0.717) is 38.3 Å². The lowest BCUT2D eigenvalue weighted by atomic mass is 9.64. The molecule has 2 aliphatic heterocycles. The van der Waals surface area contributed by atoms with Crippen molar-refractivity contribution in [3.63, 3.8) is 0 Å². The zero-order valence-electron chi connectivity index (χ0n) is 26.7. The zero-order chi connectivity index (χ0) is 29.8. The summed E-state index contributed by atoms with van der Waals surface area (Å²) in [6.07, 6.45) is 8.97. The first kappa shape index (κ1) is 29.9. The van der Waals surface area contributed by atoms with Gasteiger partial charge in [-0.1, -0.05) is 99.8 Å². The summed E-state index contributed by atoms with van der Waals surface area (Å²) in [6.45, 7) is 12.8. The van der Waals surface area contributed by atoms with E-state index in [9.17, 15) is 0 Å². The van der Waals surface area contributed by atoms with E-state index in [1.165, 1.54) is 28.8 Å². The minimum absolute atomic E-state index is 0.00589. The molecule has 43 heavy (non-hydrogen) atoms. The van der Waals surface area contributed by atoms with Crippen molar-refractivity contribution in [2.45, 2.75) is 95.7 Å². The van der Waals surface area contributed by atoms with Gasteiger partial charge in [-0.05, 0) is 72.4 Å². The summed E-state index contributed by atoms with van der Waals surface area (Å²) in [5, 5.41) is 2.69. The highest BCUT2D eigenvalue weighted by atomic mass is 28.4. The Morgan fingerprint density at radius 2 is 1.44 bits per heavy atom. The van der Waals surface area contributed by atoms with Crippen LogP contribution in [-0.4, -0.2) is 52.9 Å². The highest BCUT2D eigenvalue weighted by Crippen LogP contribution is 2.69. The van der Waals surface area contributed by atoms with Crippen LogP contribution in [0.5, 0.6) is 0 Å². The summed E-state index contributed by atoms with van der Waals surface area (Å²) in [4.78, 5) is 0. The number of ether oxygens (including phenoxy) is 4. The molecule has 2 heterocycles. The lowest BCUT2D eigenvalue weighted by Gasteiger charge is -2.47. The molecule has 3 fully saturated rings. The van der Waals surface area contributed by atoms with E-state index in [-0.39, 0.29) is 10.5 Å². The summed E-state index contributed by atoms with van der Waals surface area (Å²) in [5.74, 6) is -0.200. The predicted molar refractivity (Wildman–Crippen MR) is 172 cm³/mol. The van der Waals surface area contributed by atoms with Crippen molar-refractivity contribution in [1.29, 1.82) is 0 Å². The molecule has 6 heteroatoms. The molecule has 232 valence electrons. The fraction of sp³-hybridized carbons (Fsp3) is 0.622. The SMILES string of the molecule is CC1([C@@]23CCC[C@@H](C2)C2=C3C[C@H](CCCCO[Si](c3ccccc3)(c3ccccc3)C(C)(C)C)C23OCCO3)OCCO1. The largest absolute Gasteiger partial charge is 0.407 e. The maximum atomic E-state index is 7.21. The molecular formula is C37H50O5Si. The zero-order valence-corrected chi connectivity index (χ0v) is 27.7. The van der Waals surface area contributed by atoms with E-state index in [1.807, 2.05) is 0 Å². The predicted octanol–water partition coefficient (Wildman–Crippen LogP) is 6.75. The molecule has 0 radical (unpaired) electrons. The minimum Gasteiger partial charge on any atom is -0.407 e. The van der Waals surface area contributed by atoms with E-state index in [4.69, 9.17) is 23.4 Å². The molecule has 0 aromatic heterocycles. The highest BCUT2D eigenvalue weighted by molar-refractivity contribution is 6.99. The van der Waals surface area contributed by atoms with Crippen molar-refractivity contribution in [1.82, 2.24) is 0 Å². The molecule has 5 nitrogen and oxygen atoms in total. The Labute approximate surface area is 259 Å². The van der Waals surface area contributed by atoms with Gasteiger partial charge in [0, 0.05) is 17.9 Å². The average Bonchev–Trinajstić information content (AvgIpc) is 3.79. The third kappa shape index (κ3) is 4.58. The van der Waals surface area contributed by atoms with Gasteiger partial charge in [-0.15, -0.1) is 0 Å². The number of fused-ring (bicyclic) bond motifs is 5. The van der Waals surface area contributed by atoms with Gasteiger partial charge in [0.05, 0.1) is 26.4 Å².